The Morgan fingerprint density at radius 2 is 1.67 bits per heavy atom. The van der Waals surface area contributed by atoms with Gasteiger partial charge in [-0.1, -0.05) is 24.3 Å². The molecule has 2 heterocycles. The number of methoxy groups -OCH3 is 1. The third-order valence-electron chi connectivity index (χ3n) is 5.82. The number of benzene rings is 2. The zero-order chi connectivity index (χ0) is 26.0. The minimum absolute atomic E-state index is 0.154. The Labute approximate surface area is 214 Å². The maximum atomic E-state index is 13.0. The van der Waals surface area contributed by atoms with E-state index in [2.05, 4.69) is 0 Å². The first kappa shape index (κ1) is 25.8. The molecule has 2 aliphatic rings. The van der Waals surface area contributed by atoms with E-state index in [1.54, 1.807) is 40.0 Å². The van der Waals surface area contributed by atoms with Crippen molar-refractivity contribution in [3.63, 3.8) is 0 Å². The van der Waals surface area contributed by atoms with Crippen molar-refractivity contribution in [1.29, 1.82) is 0 Å². The molecule has 2 aliphatic heterocycles. The van der Waals surface area contributed by atoms with Crippen molar-refractivity contribution in [3.05, 3.63) is 76.5 Å². The van der Waals surface area contributed by atoms with E-state index in [1.165, 1.54) is 16.7 Å². The Balaban J connectivity index is 1.46. The number of amides is 1. The largest absolute Gasteiger partial charge is 0.497 e. The van der Waals surface area contributed by atoms with Crippen LogP contribution in [0.25, 0.3) is 0 Å². The molecule has 0 spiro atoms. The fourth-order valence-electron chi connectivity index (χ4n) is 3.99. The first-order valence-corrected chi connectivity index (χ1v) is 12.7. The molecule has 0 aromatic heterocycles. The van der Waals surface area contributed by atoms with E-state index in [9.17, 15) is 14.4 Å². The molecule has 0 radical (unpaired) electrons. The minimum Gasteiger partial charge on any atom is -0.497 e. The number of esters is 2. The second-order valence-electron chi connectivity index (χ2n) is 9.69. The van der Waals surface area contributed by atoms with Crippen LogP contribution >= 0.6 is 11.8 Å². The van der Waals surface area contributed by atoms with E-state index in [1.807, 2.05) is 36.4 Å². The van der Waals surface area contributed by atoms with Crippen LogP contribution in [0.15, 0.2) is 59.8 Å². The van der Waals surface area contributed by atoms with Gasteiger partial charge in [0, 0.05) is 5.75 Å². The Hall–Kier alpha value is -3.30. The summed E-state index contributed by atoms with van der Waals surface area (Å²) in [6, 6.07) is 13.7. The van der Waals surface area contributed by atoms with Crippen molar-refractivity contribution in [2.24, 2.45) is 5.73 Å². The van der Waals surface area contributed by atoms with Gasteiger partial charge in [-0.15, -0.1) is 11.8 Å². The third kappa shape index (κ3) is 5.57. The molecule has 4 rings (SSSR count). The Morgan fingerprint density at radius 3 is 2.28 bits per heavy atom. The fourth-order valence-corrected chi connectivity index (χ4v) is 5.28. The highest BCUT2D eigenvalue weighted by Gasteiger charge is 2.52. The van der Waals surface area contributed by atoms with Crippen LogP contribution in [0.1, 0.15) is 42.3 Å². The summed E-state index contributed by atoms with van der Waals surface area (Å²) in [5, 5.41) is -0.258. The van der Waals surface area contributed by atoms with Gasteiger partial charge in [-0.2, -0.15) is 0 Å². The lowest BCUT2D eigenvalue weighted by Gasteiger charge is -2.48. The Kier molecular flexibility index (Phi) is 7.42. The van der Waals surface area contributed by atoms with Crippen LogP contribution in [0.3, 0.4) is 0 Å². The predicted molar refractivity (Wildman–Crippen MR) is 136 cm³/mol. The number of carbonyl (C=O) groups is 3. The van der Waals surface area contributed by atoms with Gasteiger partial charge in [-0.05, 0) is 68.2 Å². The van der Waals surface area contributed by atoms with Gasteiger partial charge in [-0.3, -0.25) is 9.69 Å². The molecular weight excluding hydrogens is 480 g/mol. The molecule has 190 valence electrons. The summed E-state index contributed by atoms with van der Waals surface area (Å²) in [6.07, 6.45) is 0.439. The number of ether oxygens (including phenoxy) is 3. The molecule has 9 heteroatoms. The first-order chi connectivity index (χ1) is 17.1. The predicted octanol–water partition coefficient (Wildman–Crippen LogP) is 3.43. The van der Waals surface area contributed by atoms with Gasteiger partial charge in [0.25, 0.3) is 0 Å². The van der Waals surface area contributed by atoms with E-state index in [4.69, 9.17) is 19.9 Å². The van der Waals surface area contributed by atoms with E-state index in [-0.39, 0.29) is 23.6 Å². The highest BCUT2D eigenvalue weighted by molar-refractivity contribution is 8.00. The first-order valence-electron chi connectivity index (χ1n) is 11.6. The standard InChI is InChI=1S/C27H30N2O6S/c1-27(2,3)35-26(32)22-19(15-36-24-21(28)23(30)29(22)24)13-16-5-9-18(10-6-16)25(31)34-14-17-7-11-20(33-4)12-8-17/h5-12,21,24H,13-15,28H2,1-4H3/t21-,24-/m1/s1. The lowest BCUT2D eigenvalue weighted by Crippen LogP contribution is -2.68. The lowest BCUT2D eigenvalue weighted by molar-refractivity contribution is -0.158. The van der Waals surface area contributed by atoms with Crippen molar-refractivity contribution in [2.45, 2.75) is 50.8 Å². The molecule has 36 heavy (non-hydrogen) atoms. The highest BCUT2D eigenvalue weighted by atomic mass is 32.2. The van der Waals surface area contributed by atoms with Crippen LogP contribution < -0.4 is 10.5 Å². The smallest absolute Gasteiger partial charge is 0.355 e. The van der Waals surface area contributed by atoms with Crippen LogP contribution in [0.2, 0.25) is 0 Å². The number of rotatable bonds is 7. The van der Waals surface area contributed by atoms with Crippen molar-refractivity contribution in [1.82, 2.24) is 4.90 Å². The quantitative estimate of drug-likeness (QED) is 0.446. The molecule has 0 unspecified atom stereocenters. The molecule has 0 aliphatic carbocycles. The van der Waals surface area contributed by atoms with Crippen LogP contribution in [0, 0.1) is 0 Å². The van der Waals surface area contributed by atoms with Crippen LogP contribution in [-0.2, 0) is 32.1 Å². The Bertz CT molecular complexity index is 1180. The Morgan fingerprint density at radius 1 is 1.03 bits per heavy atom. The van der Waals surface area contributed by atoms with Crippen molar-refractivity contribution in [2.75, 3.05) is 12.9 Å². The maximum absolute atomic E-state index is 13.0. The second-order valence-corrected chi connectivity index (χ2v) is 10.8. The van der Waals surface area contributed by atoms with Gasteiger partial charge < -0.3 is 19.9 Å². The number of fused-ring (bicyclic) bond motifs is 1. The van der Waals surface area contributed by atoms with Gasteiger partial charge >= 0.3 is 11.9 Å². The third-order valence-corrected chi connectivity index (χ3v) is 7.18. The minimum atomic E-state index is -0.695. The van der Waals surface area contributed by atoms with Gasteiger partial charge in [0.1, 0.15) is 35.1 Å². The van der Waals surface area contributed by atoms with Gasteiger partial charge in [0.15, 0.2) is 0 Å². The molecule has 0 bridgehead atoms. The van der Waals surface area contributed by atoms with Crippen molar-refractivity contribution >= 4 is 29.6 Å². The highest BCUT2D eigenvalue weighted by Crippen LogP contribution is 2.41. The number of hydrogen-bond acceptors (Lipinski definition) is 8. The summed E-state index contributed by atoms with van der Waals surface area (Å²) in [5.74, 6) is 0.0610. The molecule has 1 amide bonds. The molecule has 1 saturated heterocycles. The number of carbonyl (C=O) groups excluding carboxylic acids is 3. The van der Waals surface area contributed by atoms with E-state index >= 15 is 0 Å². The number of nitrogens with zero attached hydrogens (tertiary/aromatic N) is 1. The fraction of sp³-hybridized carbons (Fsp3) is 0.370. The normalized spacial score (nSPS) is 19.4. The second kappa shape index (κ2) is 10.4. The molecule has 2 atom stereocenters. The summed E-state index contributed by atoms with van der Waals surface area (Å²) in [6.45, 7) is 5.52. The summed E-state index contributed by atoms with van der Waals surface area (Å²) >= 11 is 1.54. The van der Waals surface area contributed by atoms with Crippen molar-refractivity contribution < 1.29 is 28.6 Å². The summed E-state index contributed by atoms with van der Waals surface area (Å²) in [7, 11) is 1.59. The van der Waals surface area contributed by atoms with Gasteiger partial charge in [0.05, 0.1) is 12.7 Å². The van der Waals surface area contributed by atoms with Gasteiger partial charge in [-0.25, -0.2) is 9.59 Å². The number of thioether (sulfide) groups is 1. The van der Waals surface area contributed by atoms with Gasteiger partial charge in [0.2, 0.25) is 5.91 Å². The zero-order valence-corrected chi connectivity index (χ0v) is 21.6. The molecule has 2 aromatic rings. The SMILES string of the molecule is COc1ccc(COC(=O)c2ccc(CC3=C(C(=O)OC(C)(C)C)N4C(=O)[C@@H](N)[C@H]4SC3)cc2)cc1. The molecule has 0 saturated carbocycles. The average molecular weight is 511 g/mol. The molecule has 1 fully saturated rings. The average Bonchev–Trinajstić information content (AvgIpc) is 2.86. The van der Waals surface area contributed by atoms with E-state index in [0.29, 0.717) is 17.7 Å². The van der Waals surface area contributed by atoms with Crippen LogP contribution in [0.5, 0.6) is 5.75 Å². The molecule has 8 nitrogen and oxygen atoms in total. The van der Waals surface area contributed by atoms with E-state index < -0.39 is 23.6 Å². The monoisotopic (exact) mass is 510 g/mol. The topological polar surface area (TPSA) is 108 Å². The van der Waals surface area contributed by atoms with Crippen LogP contribution in [0.4, 0.5) is 0 Å². The number of β-lactam (4-membered cyclic amide) rings is 1. The van der Waals surface area contributed by atoms with Crippen LogP contribution in [-0.4, -0.2) is 52.6 Å². The molecule has 2 aromatic carbocycles. The lowest BCUT2D eigenvalue weighted by atomic mass is 9.98. The number of nitrogens with two attached hydrogens (primary N) is 1. The number of hydrogen-bond donors (Lipinski definition) is 1. The maximum Gasteiger partial charge on any atom is 0.355 e. The summed E-state index contributed by atoms with van der Waals surface area (Å²) < 4.78 is 16.1. The van der Waals surface area contributed by atoms with E-state index in [0.717, 1.165) is 22.4 Å². The zero-order valence-electron chi connectivity index (χ0n) is 20.8. The van der Waals surface area contributed by atoms with Crippen molar-refractivity contribution in [3.8, 4) is 5.75 Å². The molecule has 2 N–H and O–H groups in total. The summed E-state index contributed by atoms with van der Waals surface area (Å²) in [4.78, 5) is 39.5. The molecular formula is C27H30N2O6S. The summed E-state index contributed by atoms with van der Waals surface area (Å²) in [5.41, 5.74) is 8.51.